The van der Waals surface area contributed by atoms with Crippen molar-refractivity contribution in [2.24, 2.45) is 0 Å². The molecule has 1 aliphatic carbocycles. The number of hydrogen-bond donors (Lipinski definition) is 0. The highest BCUT2D eigenvalue weighted by Gasteiger charge is 2.40. The summed E-state index contributed by atoms with van der Waals surface area (Å²) in [5, 5.41) is 5.13. The summed E-state index contributed by atoms with van der Waals surface area (Å²) in [6, 6.07) is 11.8. The van der Waals surface area contributed by atoms with Crippen LogP contribution in [-0.4, -0.2) is 74.2 Å². The number of sulfonamides is 1. The van der Waals surface area contributed by atoms with Crippen LogP contribution < -0.4 is 15.2 Å². The van der Waals surface area contributed by atoms with E-state index in [0.717, 1.165) is 25.7 Å². The average molecular weight is 660 g/mol. The molecule has 0 spiro atoms. The fourth-order valence-electron chi connectivity index (χ4n) is 5.39. The van der Waals surface area contributed by atoms with Crippen LogP contribution in [0.3, 0.4) is 0 Å². The van der Waals surface area contributed by atoms with Crippen molar-refractivity contribution in [3.63, 3.8) is 0 Å². The molecule has 0 radical (unpaired) electrons. The van der Waals surface area contributed by atoms with E-state index in [1.165, 1.54) is 21.3 Å². The van der Waals surface area contributed by atoms with E-state index in [2.05, 4.69) is 43.9 Å². The SMILES string of the molecule is CC(C)(C)[Si](C)(C)O[C@H]1CC[C@H](Oc2c(N3CCN(S(=O)(=O)c4ccccn4)CC3)cnn(-c3cccc(Cl)c3)c2=O)CC1. The summed E-state index contributed by atoms with van der Waals surface area (Å²) in [6.45, 7) is 12.5. The van der Waals surface area contributed by atoms with Gasteiger partial charge in [-0.15, -0.1) is 0 Å². The number of halogens is 1. The van der Waals surface area contributed by atoms with E-state index in [-0.39, 0.29) is 46.7 Å². The monoisotopic (exact) mass is 659 g/mol. The van der Waals surface area contributed by atoms with Crippen LogP contribution >= 0.6 is 11.6 Å². The normalized spacial score (nSPS) is 20.5. The maximum Gasteiger partial charge on any atom is 0.316 e. The number of hydrogen-bond acceptors (Lipinski definition) is 8. The first-order chi connectivity index (χ1) is 20.8. The maximum absolute atomic E-state index is 14.0. The van der Waals surface area contributed by atoms with Crippen molar-refractivity contribution >= 4 is 35.6 Å². The first-order valence-corrected chi connectivity index (χ1v) is 19.9. The highest BCUT2D eigenvalue weighted by atomic mass is 35.5. The van der Waals surface area contributed by atoms with Gasteiger partial charge in [0.25, 0.3) is 10.0 Å². The molecule has 0 atom stereocenters. The molecule has 13 heteroatoms. The lowest BCUT2D eigenvalue weighted by Gasteiger charge is -2.41. The molecule has 1 saturated carbocycles. The third-order valence-corrected chi connectivity index (χ3v) is 15.5. The minimum Gasteiger partial charge on any atom is -0.483 e. The van der Waals surface area contributed by atoms with Gasteiger partial charge in [0.15, 0.2) is 13.3 Å². The first-order valence-electron chi connectivity index (χ1n) is 15.2. The van der Waals surface area contributed by atoms with Crippen LogP contribution in [-0.2, 0) is 14.4 Å². The minimum atomic E-state index is -3.72. The number of piperazine rings is 1. The van der Waals surface area contributed by atoms with Gasteiger partial charge in [-0.2, -0.15) is 14.1 Å². The molecule has 1 saturated heterocycles. The van der Waals surface area contributed by atoms with Crippen LogP contribution in [0, 0.1) is 0 Å². The van der Waals surface area contributed by atoms with Gasteiger partial charge in [-0.25, -0.2) is 13.4 Å². The standard InChI is InChI=1S/C31H42ClN5O5SSi/c1-31(2,3)44(4,5)42-26-14-12-25(13-15-26)41-29-27(22-34-37(30(29)38)24-10-8-9-23(32)21-24)35-17-19-36(20-18-35)43(39,40)28-11-6-7-16-33-28/h6-11,16,21-22,25-26H,12-15,17-20H2,1-5H3/t25-,26-. The highest BCUT2D eigenvalue weighted by Crippen LogP contribution is 2.39. The molecule has 3 heterocycles. The predicted octanol–water partition coefficient (Wildman–Crippen LogP) is 5.50. The molecular weight excluding hydrogens is 618 g/mol. The number of ether oxygens (including phenoxy) is 1. The van der Waals surface area contributed by atoms with Crippen molar-refractivity contribution in [2.75, 3.05) is 31.1 Å². The Bertz CT molecular complexity index is 1610. The molecule has 1 aromatic carbocycles. The van der Waals surface area contributed by atoms with E-state index in [9.17, 15) is 13.2 Å². The van der Waals surface area contributed by atoms with Crippen molar-refractivity contribution in [3.8, 4) is 11.4 Å². The topological polar surface area (TPSA) is 107 Å². The van der Waals surface area contributed by atoms with Gasteiger partial charge in [-0.3, -0.25) is 4.79 Å². The molecule has 0 N–H and O–H groups in total. The quantitative estimate of drug-likeness (QED) is 0.292. The van der Waals surface area contributed by atoms with Crippen LogP contribution in [0.4, 0.5) is 5.69 Å². The van der Waals surface area contributed by atoms with Gasteiger partial charge >= 0.3 is 5.56 Å². The number of aromatic nitrogens is 3. The molecule has 2 aliphatic rings. The Kier molecular flexibility index (Phi) is 9.57. The van der Waals surface area contributed by atoms with E-state index in [1.807, 2.05) is 4.90 Å². The Labute approximate surface area is 266 Å². The molecule has 0 bridgehead atoms. The predicted molar refractivity (Wildman–Crippen MR) is 175 cm³/mol. The smallest absolute Gasteiger partial charge is 0.316 e. The molecule has 0 amide bonds. The number of pyridine rings is 1. The van der Waals surface area contributed by atoms with Gasteiger partial charge < -0.3 is 14.1 Å². The number of rotatable bonds is 8. The van der Waals surface area contributed by atoms with Crippen LogP contribution in [0.2, 0.25) is 23.2 Å². The van der Waals surface area contributed by atoms with Crippen LogP contribution in [0.25, 0.3) is 5.69 Å². The van der Waals surface area contributed by atoms with E-state index in [4.69, 9.17) is 20.8 Å². The van der Waals surface area contributed by atoms with Gasteiger partial charge in [-0.1, -0.05) is 44.5 Å². The van der Waals surface area contributed by atoms with Crippen LogP contribution in [0.5, 0.6) is 5.75 Å². The van der Waals surface area contributed by atoms with Crippen molar-refractivity contribution < 1.29 is 17.6 Å². The molecule has 238 valence electrons. The summed E-state index contributed by atoms with van der Waals surface area (Å²) in [6.07, 6.45) is 6.41. The summed E-state index contributed by atoms with van der Waals surface area (Å²) >= 11 is 6.23. The summed E-state index contributed by atoms with van der Waals surface area (Å²) in [5.41, 5.74) is 0.715. The average Bonchev–Trinajstić information content (AvgIpc) is 2.99. The molecule has 0 unspecified atom stereocenters. The fraction of sp³-hybridized carbons (Fsp3) is 0.516. The third kappa shape index (κ3) is 7.04. The number of nitrogens with zero attached hydrogens (tertiary/aromatic N) is 5. The molecule has 10 nitrogen and oxygen atoms in total. The Hall–Kier alpha value is -2.77. The van der Waals surface area contributed by atoms with Gasteiger partial charge in [0, 0.05) is 43.5 Å². The molecule has 2 aromatic heterocycles. The van der Waals surface area contributed by atoms with E-state index >= 15 is 0 Å². The van der Waals surface area contributed by atoms with Gasteiger partial charge in [0.2, 0.25) is 5.75 Å². The molecule has 44 heavy (non-hydrogen) atoms. The number of anilines is 1. The Morgan fingerprint density at radius 1 is 0.955 bits per heavy atom. The Morgan fingerprint density at radius 2 is 1.64 bits per heavy atom. The lowest BCUT2D eigenvalue weighted by Crippen LogP contribution is -2.49. The number of benzene rings is 1. The molecule has 2 fully saturated rings. The van der Waals surface area contributed by atoms with E-state index in [0.29, 0.717) is 29.5 Å². The second-order valence-corrected chi connectivity index (χ2v) is 20.1. The summed E-state index contributed by atoms with van der Waals surface area (Å²) < 4.78 is 42.2. The highest BCUT2D eigenvalue weighted by molar-refractivity contribution is 7.89. The van der Waals surface area contributed by atoms with Crippen molar-refractivity contribution in [2.45, 2.75) is 81.8 Å². The summed E-state index contributed by atoms with van der Waals surface area (Å²) in [4.78, 5) is 20.0. The van der Waals surface area contributed by atoms with Gasteiger partial charge in [0.05, 0.1) is 18.0 Å². The van der Waals surface area contributed by atoms with Gasteiger partial charge in [-0.05, 0) is 74.1 Å². The molecular formula is C31H42ClN5O5SSi. The van der Waals surface area contributed by atoms with Crippen molar-refractivity contribution in [3.05, 3.63) is 70.2 Å². The zero-order chi connectivity index (χ0) is 31.7. The molecule has 1 aliphatic heterocycles. The largest absolute Gasteiger partial charge is 0.483 e. The zero-order valence-electron chi connectivity index (χ0n) is 26.1. The third-order valence-electron chi connectivity index (χ3n) is 8.96. The van der Waals surface area contributed by atoms with E-state index < -0.39 is 18.3 Å². The Morgan fingerprint density at radius 3 is 2.25 bits per heavy atom. The van der Waals surface area contributed by atoms with E-state index in [1.54, 1.807) is 42.6 Å². The zero-order valence-corrected chi connectivity index (χ0v) is 28.6. The second-order valence-electron chi connectivity index (χ2n) is 13.0. The molecule has 5 rings (SSSR count). The molecule has 3 aromatic rings. The summed E-state index contributed by atoms with van der Waals surface area (Å²) in [7, 11) is -5.61. The lowest BCUT2D eigenvalue weighted by atomic mass is 9.95. The first kappa shape index (κ1) is 32.6. The second kappa shape index (κ2) is 12.9. The minimum absolute atomic E-state index is 0.0244. The van der Waals surface area contributed by atoms with Crippen LogP contribution in [0.1, 0.15) is 46.5 Å². The Balaban J connectivity index is 1.36. The van der Waals surface area contributed by atoms with Crippen molar-refractivity contribution in [1.82, 2.24) is 19.1 Å². The van der Waals surface area contributed by atoms with Crippen LogP contribution in [0.15, 0.2) is 64.7 Å². The lowest BCUT2D eigenvalue weighted by molar-refractivity contribution is 0.0717. The fourth-order valence-corrected chi connectivity index (χ4v) is 8.35. The maximum atomic E-state index is 14.0. The van der Waals surface area contributed by atoms with Crippen molar-refractivity contribution in [1.29, 1.82) is 0 Å². The summed E-state index contributed by atoms with van der Waals surface area (Å²) in [5.74, 6) is 0.217. The van der Waals surface area contributed by atoms with Gasteiger partial charge in [0.1, 0.15) is 5.69 Å².